The van der Waals surface area contributed by atoms with E-state index in [4.69, 9.17) is 9.84 Å². The normalized spacial score (nSPS) is 16.6. The molecule has 2 amide bonds. The molecule has 0 heterocycles. The minimum absolute atomic E-state index is 0.387. The van der Waals surface area contributed by atoms with Crippen molar-refractivity contribution < 1.29 is 19.4 Å². The van der Waals surface area contributed by atoms with Crippen molar-refractivity contribution in [2.45, 2.75) is 39.7 Å². The lowest BCUT2D eigenvalue weighted by Gasteiger charge is -2.29. The van der Waals surface area contributed by atoms with Gasteiger partial charge in [-0.2, -0.15) is 0 Å². The van der Waals surface area contributed by atoms with Crippen LogP contribution in [0.2, 0.25) is 0 Å². The summed E-state index contributed by atoms with van der Waals surface area (Å²) in [6, 6.07) is -1.30. The summed E-state index contributed by atoms with van der Waals surface area (Å²) in [5.41, 5.74) is -0.537. The summed E-state index contributed by atoms with van der Waals surface area (Å²) >= 11 is 0. The molecule has 0 aromatic rings. The summed E-state index contributed by atoms with van der Waals surface area (Å²) in [6.07, 6.45) is 2.48. The molecule has 20 heavy (non-hydrogen) atoms. The van der Waals surface area contributed by atoms with E-state index in [1.807, 2.05) is 0 Å². The number of rotatable bonds is 7. The average molecular weight is 286 g/mol. The molecule has 0 unspecified atom stereocenters. The third-order valence-corrected chi connectivity index (χ3v) is 3.35. The number of nitrogens with one attached hydrogen (secondary N) is 1. The number of likely N-dealkylation sites (N-methyl/N-ethyl adjacent to an activating group) is 1. The molecule has 6 nitrogen and oxygen atoms in total. The van der Waals surface area contributed by atoms with Crippen LogP contribution in [0.3, 0.4) is 0 Å². The number of nitrogens with zero attached hydrogens (tertiary/aromatic N) is 1. The van der Waals surface area contributed by atoms with Crippen LogP contribution < -0.4 is 5.32 Å². The van der Waals surface area contributed by atoms with Gasteiger partial charge in [-0.05, 0) is 24.2 Å². The highest BCUT2D eigenvalue weighted by atomic mass is 16.5. The Morgan fingerprint density at radius 3 is 2.45 bits per heavy atom. The first-order valence-electron chi connectivity index (χ1n) is 7.04. The van der Waals surface area contributed by atoms with Crippen LogP contribution in [0.25, 0.3) is 0 Å². The van der Waals surface area contributed by atoms with Gasteiger partial charge in [0.15, 0.2) is 0 Å². The fraction of sp³-hybridized carbons (Fsp3) is 0.857. The summed E-state index contributed by atoms with van der Waals surface area (Å²) in [5.74, 6) is -0.323. The van der Waals surface area contributed by atoms with Crippen LogP contribution in [0, 0.1) is 11.3 Å². The summed E-state index contributed by atoms with van der Waals surface area (Å²) in [5, 5.41) is 11.7. The van der Waals surface area contributed by atoms with Gasteiger partial charge in [0.2, 0.25) is 0 Å². The molecule has 1 saturated carbocycles. The second-order valence-electron chi connectivity index (χ2n) is 6.53. The van der Waals surface area contributed by atoms with E-state index in [2.05, 4.69) is 5.32 Å². The Kier molecular flexibility index (Phi) is 5.80. The van der Waals surface area contributed by atoms with Gasteiger partial charge in [-0.15, -0.1) is 0 Å². The summed E-state index contributed by atoms with van der Waals surface area (Å²) in [6.45, 7) is 7.04. The SMILES string of the molecule is CN(CCOCC1CC1)C(=O)N[C@H](C(=O)O)C(C)(C)C. The molecule has 0 aromatic heterocycles. The van der Waals surface area contributed by atoms with Gasteiger partial charge in [-0.25, -0.2) is 9.59 Å². The number of carbonyl (C=O) groups is 2. The van der Waals surface area contributed by atoms with Gasteiger partial charge in [-0.3, -0.25) is 0 Å². The largest absolute Gasteiger partial charge is 0.480 e. The number of hydrogen-bond donors (Lipinski definition) is 2. The molecule has 0 saturated heterocycles. The Bertz CT molecular complexity index is 348. The van der Waals surface area contributed by atoms with Crippen LogP contribution in [-0.2, 0) is 9.53 Å². The van der Waals surface area contributed by atoms with E-state index in [0.717, 1.165) is 6.61 Å². The van der Waals surface area contributed by atoms with Gasteiger partial charge in [-0.1, -0.05) is 20.8 Å². The minimum Gasteiger partial charge on any atom is -0.480 e. The first-order chi connectivity index (χ1) is 9.21. The molecular weight excluding hydrogens is 260 g/mol. The van der Waals surface area contributed by atoms with E-state index in [9.17, 15) is 9.59 Å². The van der Waals surface area contributed by atoms with Crippen molar-refractivity contribution in [1.29, 1.82) is 0 Å². The highest BCUT2D eigenvalue weighted by molar-refractivity contribution is 5.83. The van der Waals surface area contributed by atoms with Crippen molar-refractivity contribution in [3.8, 4) is 0 Å². The maximum Gasteiger partial charge on any atom is 0.326 e. The number of carbonyl (C=O) groups excluding carboxylic acids is 1. The molecule has 0 aliphatic heterocycles. The highest BCUT2D eigenvalue weighted by Gasteiger charge is 2.33. The molecule has 1 aliphatic carbocycles. The maximum atomic E-state index is 11.9. The monoisotopic (exact) mass is 286 g/mol. The maximum absolute atomic E-state index is 11.9. The van der Waals surface area contributed by atoms with Crippen molar-refractivity contribution in [1.82, 2.24) is 10.2 Å². The number of urea groups is 1. The standard InChI is InChI=1S/C14H26N2O4/c1-14(2,3)11(12(17)18)15-13(19)16(4)7-8-20-9-10-5-6-10/h10-11H,5-9H2,1-4H3,(H,15,19)(H,17,18)/t11-/m1/s1. The zero-order chi connectivity index (χ0) is 15.3. The van der Waals surface area contributed by atoms with Gasteiger partial charge in [0.25, 0.3) is 0 Å². The van der Waals surface area contributed by atoms with Crippen LogP contribution in [0.4, 0.5) is 4.79 Å². The Morgan fingerprint density at radius 1 is 1.40 bits per heavy atom. The second kappa shape index (κ2) is 6.92. The van der Waals surface area contributed by atoms with Gasteiger partial charge < -0.3 is 20.1 Å². The molecule has 1 fully saturated rings. The Hall–Kier alpha value is -1.30. The molecule has 116 valence electrons. The van der Waals surface area contributed by atoms with Crippen molar-refractivity contribution >= 4 is 12.0 Å². The molecule has 6 heteroatoms. The zero-order valence-electron chi connectivity index (χ0n) is 12.8. The fourth-order valence-corrected chi connectivity index (χ4v) is 1.72. The molecule has 0 bridgehead atoms. The van der Waals surface area contributed by atoms with Gasteiger partial charge >= 0.3 is 12.0 Å². The smallest absolute Gasteiger partial charge is 0.326 e. The zero-order valence-corrected chi connectivity index (χ0v) is 12.8. The van der Waals surface area contributed by atoms with Crippen LogP contribution in [0.5, 0.6) is 0 Å². The number of ether oxygens (including phenoxy) is 1. The number of carboxylic acid groups (broad SMARTS) is 1. The van der Waals surface area contributed by atoms with Crippen molar-refractivity contribution in [2.24, 2.45) is 11.3 Å². The Balaban J connectivity index is 2.32. The third-order valence-electron chi connectivity index (χ3n) is 3.35. The second-order valence-corrected chi connectivity index (χ2v) is 6.53. The van der Waals surface area contributed by atoms with Gasteiger partial charge in [0.05, 0.1) is 6.61 Å². The Labute approximate surface area is 120 Å². The lowest BCUT2D eigenvalue weighted by Crippen LogP contribution is -2.53. The topological polar surface area (TPSA) is 78.9 Å². The molecule has 1 rings (SSSR count). The number of hydrogen-bond acceptors (Lipinski definition) is 3. The van der Waals surface area contributed by atoms with Crippen molar-refractivity contribution in [2.75, 3.05) is 26.8 Å². The molecule has 2 N–H and O–H groups in total. The molecule has 1 aliphatic rings. The molecular formula is C14H26N2O4. The molecule has 1 atom stereocenters. The van der Waals surface area contributed by atoms with E-state index in [1.165, 1.54) is 17.7 Å². The van der Waals surface area contributed by atoms with E-state index in [1.54, 1.807) is 27.8 Å². The number of amides is 2. The van der Waals surface area contributed by atoms with Gasteiger partial charge in [0, 0.05) is 20.2 Å². The lowest BCUT2D eigenvalue weighted by molar-refractivity contribution is -0.142. The van der Waals surface area contributed by atoms with Crippen LogP contribution in [0.1, 0.15) is 33.6 Å². The highest BCUT2D eigenvalue weighted by Crippen LogP contribution is 2.28. The van der Waals surface area contributed by atoms with E-state index >= 15 is 0 Å². The van der Waals surface area contributed by atoms with E-state index in [0.29, 0.717) is 19.1 Å². The van der Waals surface area contributed by atoms with Crippen molar-refractivity contribution in [3.05, 3.63) is 0 Å². The van der Waals surface area contributed by atoms with Gasteiger partial charge in [0.1, 0.15) is 6.04 Å². The van der Waals surface area contributed by atoms with Crippen LogP contribution in [0.15, 0.2) is 0 Å². The Morgan fingerprint density at radius 2 is 2.00 bits per heavy atom. The third kappa shape index (κ3) is 5.77. The first kappa shape index (κ1) is 16.8. The van der Waals surface area contributed by atoms with E-state index < -0.39 is 17.4 Å². The predicted molar refractivity (Wildman–Crippen MR) is 75.6 cm³/mol. The summed E-state index contributed by atoms with van der Waals surface area (Å²) in [4.78, 5) is 24.6. The quantitative estimate of drug-likeness (QED) is 0.696. The van der Waals surface area contributed by atoms with E-state index in [-0.39, 0.29) is 6.03 Å². The minimum atomic E-state index is -1.02. The predicted octanol–water partition coefficient (Wildman–Crippen LogP) is 1.55. The fourth-order valence-electron chi connectivity index (χ4n) is 1.72. The number of aliphatic carboxylic acids is 1. The van der Waals surface area contributed by atoms with Crippen LogP contribution in [-0.4, -0.2) is 54.9 Å². The number of carboxylic acids is 1. The summed E-state index contributed by atoms with van der Waals surface area (Å²) in [7, 11) is 1.64. The first-order valence-corrected chi connectivity index (χ1v) is 7.04. The molecule has 0 aromatic carbocycles. The van der Waals surface area contributed by atoms with Crippen molar-refractivity contribution in [3.63, 3.8) is 0 Å². The van der Waals surface area contributed by atoms with Crippen LogP contribution >= 0.6 is 0 Å². The molecule has 0 radical (unpaired) electrons. The lowest BCUT2D eigenvalue weighted by atomic mass is 9.87. The average Bonchev–Trinajstić information content (AvgIpc) is 3.13. The molecule has 0 spiro atoms. The summed E-state index contributed by atoms with van der Waals surface area (Å²) < 4.78 is 5.46.